The van der Waals surface area contributed by atoms with Crippen LogP contribution in [0.25, 0.3) is 5.82 Å². The van der Waals surface area contributed by atoms with Crippen molar-refractivity contribution in [1.82, 2.24) is 24.2 Å². The lowest BCUT2D eigenvalue weighted by molar-refractivity contribution is -0.147. The summed E-state index contributed by atoms with van der Waals surface area (Å²) in [4.78, 5) is 32.7. The Hall–Kier alpha value is -2.79. The number of aromatic nitrogens is 3. The van der Waals surface area contributed by atoms with Gasteiger partial charge in [-0.1, -0.05) is 0 Å². The van der Waals surface area contributed by atoms with Crippen LogP contribution in [-0.4, -0.2) is 65.1 Å². The second-order valence-corrected chi connectivity index (χ2v) is 8.21. The molecule has 2 N–H and O–H groups in total. The van der Waals surface area contributed by atoms with Crippen molar-refractivity contribution in [3.8, 4) is 5.82 Å². The number of hydrogen-bond donors (Lipinski definition) is 2. The van der Waals surface area contributed by atoms with Gasteiger partial charge in [-0.05, 0) is 18.6 Å². The summed E-state index contributed by atoms with van der Waals surface area (Å²) in [5.41, 5.74) is 0. The van der Waals surface area contributed by atoms with E-state index < -0.39 is 10.0 Å². The molecule has 2 aromatic heterocycles. The lowest BCUT2D eigenvalue weighted by atomic mass is 10.1. The van der Waals surface area contributed by atoms with Crippen LogP contribution in [0.1, 0.15) is 19.3 Å². The normalized spacial score (nSPS) is 15.1. The Bertz CT molecular complexity index is 913. The van der Waals surface area contributed by atoms with Gasteiger partial charge in [0.05, 0.1) is 5.75 Å². The van der Waals surface area contributed by atoms with E-state index in [2.05, 4.69) is 20.0 Å². The minimum atomic E-state index is -3.60. The molecule has 0 bridgehead atoms. The zero-order valence-electron chi connectivity index (χ0n) is 15.2. The second kappa shape index (κ2) is 8.93. The summed E-state index contributed by atoms with van der Waals surface area (Å²) in [5, 5.41) is 3.03. The van der Waals surface area contributed by atoms with Crippen molar-refractivity contribution in [1.29, 1.82) is 0 Å². The van der Waals surface area contributed by atoms with Gasteiger partial charge in [0.2, 0.25) is 21.8 Å². The first-order valence-corrected chi connectivity index (χ1v) is 10.6. The monoisotopic (exact) mass is 406 g/mol. The summed E-state index contributed by atoms with van der Waals surface area (Å²) in [7, 11) is -3.60. The minimum Gasteiger partial charge on any atom is -0.369 e. The fourth-order valence-corrected chi connectivity index (χ4v) is 3.78. The number of carbonyl (C=O) groups is 2. The SMILES string of the molecule is O=C1CCCC(=O)N1CCS(=O)(=O)NCCNc1cc(-n2cccc2)ncn1. The molecule has 10 nitrogen and oxygen atoms in total. The standard InChI is InChI=1S/C17H22N6O4S/c24-16-4-3-5-17(25)23(16)10-11-28(26,27)21-7-6-18-14-12-15(20-13-19-14)22-8-1-2-9-22/h1-2,8-9,12-13,21H,3-7,10-11H2,(H,18,19,20). The highest BCUT2D eigenvalue weighted by Gasteiger charge is 2.27. The van der Waals surface area contributed by atoms with Crippen LogP contribution in [0.15, 0.2) is 36.9 Å². The number of rotatable bonds is 9. The summed E-state index contributed by atoms with van der Waals surface area (Å²) in [5.74, 6) is 0.336. The maximum absolute atomic E-state index is 12.1. The summed E-state index contributed by atoms with van der Waals surface area (Å²) >= 11 is 0. The highest BCUT2D eigenvalue weighted by atomic mass is 32.2. The average molecular weight is 406 g/mol. The summed E-state index contributed by atoms with van der Waals surface area (Å²) in [6, 6.07) is 5.52. The molecule has 1 aliphatic heterocycles. The van der Waals surface area contributed by atoms with Gasteiger partial charge in [0.15, 0.2) is 0 Å². The van der Waals surface area contributed by atoms with Crippen molar-refractivity contribution < 1.29 is 18.0 Å². The summed E-state index contributed by atoms with van der Waals surface area (Å²) in [6.45, 7) is 0.350. The number of nitrogens with zero attached hydrogens (tertiary/aromatic N) is 4. The van der Waals surface area contributed by atoms with Gasteiger partial charge in [-0.2, -0.15) is 0 Å². The average Bonchev–Trinajstić information content (AvgIpc) is 3.20. The molecule has 150 valence electrons. The molecule has 3 heterocycles. The maximum atomic E-state index is 12.1. The molecule has 0 aromatic carbocycles. The van der Waals surface area contributed by atoms with Crippen molar-refractivity contribution in [3.05, 3.63) is 36.9 Å². The highest BCUT2D eigenvalue weighted by molar-refractivity contribution is 7.89. The number of amides is 2. The molecule has 0 saturated carbocycles. The third kappa shape index (κ3) is 5.36. The van der Waals surface area contributed by atoms with Crippen LogP contribution in [0.3, 0.4) is 0 Å². The number of carbonyl (C=O) groups excluding carboxylic acids is 2. The third-order valence-electron chi connectivity index (χ3n) is 4.24. The molecule has 0 aliphatic carbocycles. The van der Waals surface area contributed by atoms with E-state index in [0.717, 1.165) is 4.90 Å². The maximum Gasteiger partial charge on any atom is 0.229 e. The molecule has 1 saturated heterocycles. The molecule has 3 rings (SSSR count). The van der Waals surface area contributed by atoms with Gasteiger partial charge in [0.25, 0.3) is 0 Å². The minimum absolute atomic E-state index is 0.118. The predicted octanol–water partition coefficient (Wildman–Crippen LogP) is 0.138. The van der Waals surface area contributed by atoms with Gasteiger partial charge in [-0.3, -0.25) is 14.5 Å². The number of nitrogens with one attached hydrogen (secondary N) is 2. The fraction of sp³-hybridized carbons (Fsp3) is 0.412. The second-order valence-electron chi connectivity index (χ2n) is 6.28. The molecule has 1 fully saturated rings. The molecule has 0 atom stereocenters. The molecule has 0 unspecified atom stereocenters. The van der Waals surface area contributed by atoms with Crippen LogP contribution in [0.5, 0.6) is 0 Å². The number of anilines is 1. The molecule has 28 heavy (non-hydrogen) atoms. The van der Waals surface area contributed by atoms with Crippen LogP contribution in [-0.2, 0) is 19.6 Å². The van der Waals surface area contributed by atoms with E-state index in [1.807, 2.05) is 29.1 Å². The van der Waals surface area contributed by atoms with E-state index in [1.54, 1.807) is 6.07 Å². The zero-order valence-corrected chi connectivity index (χ0v) is 16.1. The quantitative estimate of drug-likeness (QED) is 0.448. The van der Waals surface area contributed by atoms with Crippen molar-refractivity contribution in [3.63, 3.8) is 0 Å². The Balaban J connectivity index is 1.43. The fourth-order valence-electron chi connectivity index (χ4n) is 2.80. The van der Waals surface area contributed by atoms with Crippen LogP contribution >= 0.6 is 0 Å². The molecule has 1 aliphatic rings. The van der Waals surface area contributed by atoms with E-state index in [1.165, 1.54) is 6.33 Å². The van der Waals surface area contributed by atoms with Crippen molar-refractivity contribution in [2.45, 2.75) is 19.3 Å². The number of likely N-dealkylation sites (tertiary alicyclic amines) is 1. The lowest BCUT2D eigenvalue weighted by Gasteiger charge is -2.24. The van der Waals surface area contributed by atoms with Crippen LogP contribution in [0, 0.1) is 0 Å². The first-order valence-electron chi connectivity index (χ1n) is 8.94. The van der Waals surface area contributed by atoms with Crippen molar-refractivity contribution >= 4 is 27.7 Å². The first kappa shape index (κ1) is 20.0. The Kier molecular flexibility index (Phi) is 6.37. The highest BCUT2D eigenvalue weighted by Crippen LogP contribution is 2.12. The number of sulfonamides is 1. The van der Waals surface area contributed by atoms with E-state index in [-0.39, 0.29) is 43.5 Å². The van der Waals surface area contributed by atoms with Gasteiger partial charge < -0.3 is 9.88 Å². The van der Waals surface area contributed by atoms with Crippen molar-refractivity contribution in [2.75, 3.05) is 30.7 Å². The third-order valence-corrected chi connectivity index (χ3v) is 5.61. The Morgan fingerprint density at radius 3 is 2.46 bits per heavy atom. The van der Waals surface area contributed by atoms with Crippen LogP contribution in [0.2, 0.25) is 0 Å². The molecule has 2 aromatic rings. The van der Waals surface area contributed by atoms with E-state index >= 15 is 0 Å². The largest absolute Gasteiger partial charge is 0.369 e. The predicted molar refractivity (Wildman–Crippen MR) is 102 cm³/mol. The number of piperidine rings is 1. The summed E-state index contributed by atoms with van der Waals surface area (Å²) in [6.07, 6.45) is 6.24. The molecule has 11 heteroatoms. The Morgan fingerprint density at radius 1 is 1.04 bits per heavy atom. The number of imide groups is 1. The van der Waals surface area contributed by atoms with Crippen molar-refractivity contribution in [2.24, 2.45) is 0 Å². The van der Waals surface area contributed by atoms with Crippen LogP contribution < -0.4 is 10.0 Å². The van der Waals surface area contributed by atoms with E-state index in [0.29, 0.717) is 24.6 Å². The Morgan fingerprint density at radius 2 is 1.75 bits per heavy atom. The first-order chi connectivity index (χ1) is 13.4. The Labute approximate surface area is 163 Å². The molecular formula is C17H22N6O4S. The molecule has 0 spiro atoms. The van der Waals surface area contributed by atoms with Crippen LogP contribution in [0.4, 0.5) is 5.82 Å². The molecular weight excluding hydrogens is 384 g/mol. The topological polar surface area (TPSA) is 126 Å². The van der Waals surface area contributed by atoms with Gasteiger partial charge in [-0.15, -0.1) is 0 Å². The lowest BCUT2D eigenvalue weighted by Crippen LogP contribution is -2.44. The van der Waals surface area contributed by atoms with Gasteiger partial charge >= 0.3 is 0 Å². The van der Waals surface area contributed by atoms with Gasteiger partial charge in [0, 0.05) is 50.9 Å². The molecule has 0 radical (unpaired) electrons. The zero-order chi connectivity index (χ0) is 20.0. The summed E-state index contributed by atoms with van der Waals surface area (Å²) < 4.78 is 28.5. The van der Waals surface area contributed by atoms with Gasteiger partial charge in [-0.25, -0.2) is 23.1 Å². The van der Waals surface area contributed by atoms with E-state index in [9.17, 15) is 18.0 Å². The smallest absolute Gasteiger partial charge is 0.229 e. The van der Waals surface area contributed by atoms with E-state index in [4.69, 9.17) is 0 Å². The number of hydrogen-bond acceptors (Lipinski definition) is 7. The molecule has 2 amide bonds. The van der Waals surface area contributed by atoms with Gasteiger partial charge in [0.1, 0.15) is 18.0 Å².